The molecule has 0 spiro atoms. The van der Waals surface area contributed by atoms with Crippen LogP contribution in [-0.2, 0) is 14.4 Å². The molecule has 2 atom stereocenters. The molecule has 9 rings (SSSR count). The number of aromatic nitrogens is 4. The van der Waals surface area contributed by atoms with Crippen molar-refractivity contribution in [1.82, 2.24) is 34.3 Å². The molecule has 16 heteroatoms. The maximum atomic E-state index is 14.1. The molecule has 3 fully saturated rings. The number of anilines is 3. The molecule has 7 heterocycles. The van der Waals surface area contributed by atoms with Crippen molar-refractivity contribution < 1.29 is 28.4 Å². The first kappa shape index (κ1) is 36.0. The minimum atomic E-state index is -1.03. The van der Waals surface area contributed by atoms with Gasteiger partial charge in [-0.15, -0.1) is 5.10 Å². The highest BCUT2D eigenvalue weighted by atomic mass is 19.1. The second kappa shape index (κ2) is 14.4. The molecule has 57 heavy (non-hydrogen) atoms. The average Bonchev–Trinajstić information content (AvgIpc) is 3.96. The van der Waals surface area contributed by atoms with Crippen LogP contribution < -0.4 is 15.1 Å². The van der Waals surface area contributed by atoms with E-state index in [0.29, 0.717) is 43.2 Å². The van der Waals surface area contributed by atoms with E-state index in [0.717, 1.165) is 52.1 Å². The molecule has 5 aromatic rings. The summed E-state index contributed by atoms with van der Waals surface area (Å²) in [4.78, 5) is 82.0. The van der Waals surface area contributed by atoms with Gasteiger partial charge in [-0.3, -0.25) is 33.8 Å². The van der Waals surface area contributed by atoms with E-state index in [1.165, 1.54) is 25.2 Å². The molecular weight excluding hydrogens is 732 g/mol. The number of likely N-dealkylation sites (tertiary alicyclic amines) is 1. The molecule has 15 nitrogen and oxygen atoms in total. The molecule has 0 aliphatic carbocycles. The molecule has 3 saturated heterocycles. The van der Waals surface area contributed by atoms with Crippen LogP contribution in [0.25, 0.3) is 17.0 Å². The van der Waals surface area contributed by atoms with E-state index in [-0.39, 0.29) is 54.2 Å². The predicted octanol–water partition coefficient (Wildman–Crippen LogP) is 3.78. The number of piperidine rings is 1. The number of halogens is 1. The van der Waals surface area contributed by atoms with Gasteiger partial charge in [0.05, 0.1) is 35.6 Å². The lowest BCUT2D eigenvalue weighted by atomic mass is 10.0. The van der Waals surface area contributed by atoms with Crippen molar-refractivity contribution in [3.05, 3.63) is 102 Å². The van der Waals surface area contributed by atoms with Crippen LogP contribution in [0.15, 0.2) is 79.0 Å². The summed E-state index contributed by atoms with van der Waals surface area (Å²) in [6.07, 6.45) is 3.80. The lowest BCUT2D eigenvalue weighted by Gasteiger charge is -2.35. The first-order valence-electron chi connectivity index (χ1n) is 19.1. The third-order valence-corrected chi connectivity index (χ3v) is 11.4. The number of likely N-dealkylation sites (N-methyl/N-ethyl adjacent to an activating group) is 1. The standard InChI is InChI=1S/C41H39FN10O5/c1-47-37(53)15-12-32(41(47)57)51-39(55)28-11-10-27(22-29(28)40(51)56)43-24-38(54)49-19-17-48(18-20-49)35-9-3-7-30(45-35)33-23-44-34-13-14-36(46-52(33)34)50-16-4-8-31(50)25-5-2-6-26(42)21-25/h2-3,5-7,9-11,13-14,21-23,31-32,43H,4,8,12,15-20,24H2,1H3. The molecule has 4 aliphatic rings. The van der Waals surface area contributed by atoms with E-state index >= 15 is 0 Å². The summed E-state index contributed by atoms with van der Waals surface area (Å²) in [6.45, 7) is 2.89. The second-order valence-electron chi connectivity index (χ2n) is 14.7. The van der Waals surface area contributed by atoms with Gasteiger partial charge < -0.3 is 20.0 Å². The smallest absolute Gasteiger partial charge is 0.262 e. The highest BCUT2D eigenvalue weighted by Gasteiger charge is 2.46. The van der Waals surface area contributed by atoms with Crippen molar-refractivity contribution >= 4 is 52.5 Å². The summed E-state index contributed by atoms with van der Waals surface area (Å²) in [5, 5.41) is 8.07. The number of imidazole rings is 1. The fraction of sp³-hybridized carbons (Fsp3) is 0.317. The number of benzene rings is 2. The molecule has 0 radical (unpaired) electrons. The van der Waals surface area contributed by atoms with E-state index in [9.17, 15) is 28.4 Å². The number of piperazine rings is 1. The highest BCUT2D eigenvalue weighted by Crippen LogP contribution is 2.36. The molecule has 2 aromatic carbocycles. The quantitative estimate of drug-likeness (QED) is 0.229. The third-order valence-electron chi connectivity index (χ3n) is 11.4. The van der Waals surface area contributed by atoms with Gasteiger partial charge in [-0.05, 0) is 79.4 Å². The zero-order valence-corrected chi connectivity index (χ0v) is 31.2. The maximum absolute atomic E-state index is 14.1. The van der Waals surface area contributed by atoms with Crippen LogP contribution in [0.3, 0.4) is 0 Å². The average molecular weight is 771 g/mol. The van der Waals surface area contributed by atoms with Crippen LogP contribution >= 0.6 is 0 Å². The summed E-state index contributed by atoms with van der Waals surface area (Å²) in [6, 6.07) is 20.1. The maximum Gasteiger partial charge on any atom is 0.262 e. The topological polar surface area (TPSA) is 157 Å². The second-order valence-corrected chi connectivity index (χ2v) is 14.7. The van der Waals surface area contributed by atoms with Crippen molar-refractivity contribution in [3.63, 3.8) is 0 Å². The lowest BCUT2D eigenvalue weighted by Crippen LogP contribution is -2.54. The molecule has 3 aromatic heterocycles. The van der Waals surface area contributed by atoms with Gasteiger partial charge in [0.15, 0.2) is 5.65 Å². The van der Waals surface area contributed by atoms with E-state index < -0.39 is 23.8 Å². The van der Waals surface area contributed by atoms with E-state index in [1.807, 2.05) is 36.4 Å². The summed E-state index contributed by atoms with van der Waals surface area (Å²) in [5.74, 6) is -0.911. The third kappa shape index (κ3) is 6.49. The Morgan fingerprint density at radius 2 is 1.65 bits per heavy atom. The van der Waals surface area contributed by atoms with Crippen molar-refractivity contribution in [1.29, 1.82) is 0 Å². The van der Waals surface area contributed by atoms with Crippen LogP contribution in [0.2, 0.25) is 0 Å². The normalized spacial score (nSPS) is 19.9. The Kier molecular flexibility index (Phi) is 9.10. The van der Waals surface area contributed by atoms with Gasteiger partial charge in [0.2, 0.25) is 11.8 Å². The molecule has 0 saturated carbocycles. The SMILES string of the molecule is CN1C(=O)CCC(N2C(=O)c3ccc(NCC(=O)N4CCN(c5cccc(-c6cnc7ccc(N8CCCC8c8cccc(F)c8)nn67)n5)CC4)cc3C2=O)C1=O. The molecular formula is C41H39FN10O5. The first-order valence-corrected chi connectivity index (χ1v) is 19.1. The Bertz CT molecular complexity index is 2460. The lowest BCUT2D eigenvalue weighted by molar-refractivity contribution is -0.149. The number of rotatable bonds is 8. The summed E-state index contributed by atoms with van der Waals surface area (Å²) >= 11 is 0. The number of fused-ring (bicyclic) bond motifs is 2. The summed E-state index contributed by atoms with van der Waals surface area (Å²) in [7, 11) is 1.35. The zero-order chi connectivity index (χ0) is 39.4. The number of hydrogen-bond donors (Lipinski definition) is 1. The summed E-state index contributed by atoms with van der Waals surface area (Å²) in [5.41, 5.74) is 3.89. The first-order chi connectivity index (χ1) is 27.6. The largest absolute Gasteiger partial charge is 0.376 e. The number of pyridine rings is 1. The van der Waals surface area contributed by atoms with Gasteiger partial charge in [-0.25, -0.2) is 18.9 Å². The number of nitrogens with one attached hydrogen (secondary N) is 1. The van der Waals surface area contributed by atoms with Crippen molar-refractivity contribution in [2.45, 2.75) is 37.8 Å². The Balaban J connectivity index is 0.829. The molecule has 4 aliphatic heterocycles. The Morgan fingerprint density at radius 3 is 2.47 bits per heavy atom. The summed E-state index contributed by atoms with van der Waals surface area (Å²) < 4.78 is 15.9. The van der Waals surface area contributed by atoms with E-state index in [4.69, 9.17) is 10.1 Å². The van der Waals surface area contributed by atoms with Crippen LogP contribution in [0.1, 0.15) is 58.0 Å². The van der Waals surface area contributed by atoms with Crippen molar-refractivity contribution in [3.8, 4) is 11.4 Å². The van der Waals surface area contributed by atoms with Crippen LogP contribution in [-0.4, -0.2) is 116 Å². The minimum Gasteiger partial charge on any atom is -0.376 e. The molecule has 5 amide bonds. The van der Waals surface area contributed by atoms with Gasteiger partial charge in [-0.1, -0.05) is 18.2 Å². The van der Waals surface area contributed by atoms with E-state index in [1.54, 1.807) is 33.8 Å². The fourth-order valence-electron chi connectivity index (χ4n) is 8.30. The number of hydrogen-bond acceptors (Lipinski definition) is 11. The van der Waals surface area contributed by atoms with Gasteiger partial charge >= 0.3 is 0 Å². The van der Waals surface area contributed by atoms with Gasteiger partial charge in [0, 0.05) is 51.9 Å². The number of carbonyl (C=O) groups excluding carboxylic acids is 5. The van der Waals surface area contributed by atoms with Crippen molar-refractivity contribution in [2.24, 2.45) is 0 Å². The number of imide groups is 2. The molecule has 1 N–H and O–H groups in total. The molecule has 290 valence electrons. The Morgan fingerprint density at radius 1 is 0.842 bits per heavy atom. The number of nitrogens with zero attached hydrogens (tertiary/aromatic N) is 9. The number of amides is 5. The van der Waals surface area contributed by atoms with Gasteiger partial charge in [0.25, 0.3) is 17.7 Å². The van der Waals surface area contributed by atoms with E-state index in [2.05, 4.69) is 20.1 Å². The monoisotopic (exact) mass is 770 g/mol. The molecule has 0 bridgehead atoms. The van der Waals surface area contributed by atoms with Crippen LogP contribution in [0.4, 0.5) is 21.7 Å². The Labute approximate surface area is 326 Å². The zero-order valence-electron chi connectivity index (χ0n) is 31.2. The highest BCUT2D eigenvalue weighted by molar-refractivity contribution is 6.23. The Hall–Kier alpha value is -6.71. The van der Waals surface area contributed by atoms with Crippen LogP contribution in [0, 0.1) is 5.82 Å². The number of carbonyl (C=O) groups is 5. The van der Waals surface area contributed by atoms with Crippen molar-refractivity contribution in [2.75, 3.05) is 61.4 Å². The predicted molar refractivity (Wildman–Crippen MR) is 207 cm³/mol. The fourth-order valence-corrected chi connectivity index (χ4v) is 8.30. The van der Waals surface area contributed by atoms with Gasteiger partial charge in [0.1, 0.15) is 29.2 Å². The van der Waals surface area contributed by atoms with Crippen LogP contribution in [0.5, 0.6) is 0 Å². The minimum absolute atomic E-state index is 0.0178. The van der Waals surface area contributed by atoms with Gasteiger partial charge in [-0.2, -0.15) is 0 Å². The molecule has 2 unspecified atom stereocenters.